The van der Waals surface area contributed by atoms with Gasteiger partial charge < -0.3 is 9.84 Å². The number of methoxy groups -OCH3 is 1. The van der Waals surface area contributed by atoms with Crippen molar-refractivity contribution in [2.75, 3.05) is 13.7 Å². The minimum absolute atomic E-state index is 0.0936. The Morgan fingerprint density at radius 2 is 2.29 bits per heavy atom. The zero-order valence-electron chi connectivity index (χ0n) is 13.1. The maximum atomic E-state index is 11.2. The molecule has 1 aliphatic rings. The summed E-state index contributed by atoms with van der Waals surface area (Å²) in [7, 11) is 1.67. The molecule has 1 N–H and O–H groups in total. The molecule has 0 radical (unpaired) electrons. The van der Waals surface area contributed by atoms with Gasteiger partial charge in [0.05, 0.1) is 13.7 Å². The number of aryl methyl sites for hydroxylation is 1. The Labute approximate surface area is 126 Å². The first kappa shape index (κ1) is 15.8. The van der Waals surface area contributed by atoms with Crippen molar-refractivity contribution in [3.05, 3.63) is 29.3 Å². The van der Waals surface area contributed by atoms with Crippen molar-refractivity contribution in [3.8, 4) is 5.75 Å². The van der Waals surface area contributed by atoms with E-state index < -0.39 is 5.97 Å². The summed E-state index contributed by atoms with van der Waals surface area (Å²) in [5.41, 5.74) is 2.56. The lowest BCUT2D eigenvalue weighted by Crippen LogP contribution is -2.41. The summed E-state index contributed by atoms with van der Waals surface area (Å²) in [4.78, 5) is 13.4. The number of ether oxygens (including phenoxy) is 1. The molecule has 21 heavy (non-hydrogen) atoms. The van der Waals surface area contributed by atoms with E-state index in [1.54, 1.807) is 7.11 Å². The minimum atomic E-state index is -0.759. The van der Waals surface area contributed by atoms with Crippen LogP contribution < -0.4 is 4.74 Å². The van der Waals surface area contributed by atoms with Crippen LogP contribution >= 0.6 is 0 Å². The largest absolute Gasteiger partial charge is 0.497 e. The molecule has 0 saturated carbocycles. The molecular formula is C17H25NO3. The van der Waals surface area contributed by atoms with Crippen molar-refractivity contribution < 1.29 is 14.6 Å². The Hall–Kier alpha value is -1.55. The monoisotopic (exact) mass is 291 g/mol. The van der Waals surface area contributed by atoms with E-state index >= 15 is 0 Å². The molecule has 0 amide bonds. The van der Waals surface area contributed by atoms with Crippen LogP contribution in [0.15, 0.2) is 18.2 Å². The van der Waals surface area contributed by atoms with Crippen molar-refractivity contribution in [1.82, 2.24) is 4.90 Å². The molecular weight excluding hydrogens is 266 g/mol. The number of hydrogen-bond acceptors (Lipinski definition) is 3. The fourth-order valence-corrected chi connectivity index (χ4v) is 3.19. The third kappa shape index (κ3) is 3.56. The van der Waals surface area contributed by atoms with Crippen LogP contribution in [-0.2, 0) is 11.2 Å². The molecule has 0 fully saturated rings. The summed E-state index contributed by atoms with van der Waals surface area (Å²) in [5, 5.41) is 9.24. The molecule has 4 nitrogen and oxygen atoms in total. The molecule has 1 aliphatic carbocycles. The number of nitrogens with zero attached hydrogens (tertiary/aromatic N) is 1. The van der Waals surface area contributed by atoms with Gasteiger partial charge in [-0.25, -0.2) is 0 Å². The molecule has 1 aromatic carbocycles. The second-order valence-electron chi connectivity index (χ2n) is 5.80. The lowest BCUT2D eigenvalue weighted by molar-refractivity contribution is -0.139. The summed E-state index contributed by atoms with van der Waals surface area (Å²) in [6, 6.07) is 6.62. The molecule has 2 unspecified atom stereocenters. The third-order valence-corrected chi connectivity index (χ3v) is 4.51. The van der Waals surface area contributed by atoms with Crippen molar-refractivity contribution in [2.24, 2.45) is 0 Å². The van der Waals surface area contributed by atoms with E-state index in [0.29, 0.717) is 0 Å². The summed E-state index contributed by atoms with van der Waals surface area (Å²) in [6.07, 6.45) is 4.13. The van der Waals surface area contributed by atoms with E-state index in [0.717, 1.165) is 31.4 Å². The Kier molecular flexibility index (Phi) is 5.23. The Bertz CT molecular complexity index is 501. The highest BCUT2D eigenvalue weighted by atomic mass is 16.5. The molecule has 0 aliphatic heterocycles. The highest BCUT2D eigenvalue weighted by molar-refractivity contribution is 5.69. The van der Waals surface area contributed by atoms with Gasteiger partial charge in [0, 0.05) is 12.1 Å². The second-order valence-corrected chi connectivity index (χ2v) is 5.80. The van der Waals surface area contributed by atoms with E-state index in [1.165, 1.54) is 11.1 Å². The zero-order valence-corrected chi connectivity index (χ0v) is 13.1. The first-order chi connectivity index (χ1) is 10.1. The predicted molar refractivity (Wildman–Crippen MR) is 82.8 cm³/mol. The molecule has 0 saturated heterocycles. The number of carboxylic acid groups (broad SMARTS) is 1. The van der Waals surface area contributed by atoms with E-state index in [2.05, 4.69) is 30.9 Å². The van der Waals surface area contributed by atoms with E-state index in [9.17, 15) is 9.90 Å². The van der Waals surface area contributed by atoms with Crippen molar-refractivity contribution in [3.63, 3.8) is 0 Å². The molecule has 0 aromatic heterocycles. The number of carbonyl (C=O) groups is 1. The van der Waals surface area contributed by atoms with Gasteiger partial charge in [-0.2, -0.15) is 0 Å². The van der Waals surface area contributed by atoms with Gasteiger partial charge in [0.1, 0.15) is 5.75 Å². The van der Waals surface area contributed by atoms with Gasteiger partial charge in [-0.3, -0.25) is 9.69 Å². The lowest BCUT2D eigenvalue weighted by Gasteiger charge is -2.38. The summed E-state index contributed by atoms with van der Waals surface area (Å²) < 4.78 is 5.34. The Balaban J connectivity index is 2.36. The van der Waals surface area contributed by atoms with Crippen LogP contribution in [0.4, 0.5) is 0 Å². The van der Waals surface area contributed by atoms with E-state index in [4.69, 9.17) is 4.74 Å². The maximum absolute atomic E-state index is 11.2. The highest BCUT2D eigenvalue weighted by Gasteiger charge is 2.30. The number of hydrogen-bond donors (Lipinski definition) is 1. The van der Waals surface area contributed by atoms with Gasteiger partial charge in [0.15, 0.2) is 0 Å². The number of aliphatic carboxylic acids is 1. The van der Waals surface area contributed by atoms with Crippen molar-refractivity contribution in [1.29, 1.82) is 0 Å². The normalized spacial score (nSPS) is 19.1. The molecule has 116 valence electrons. The standard InChI is InChI=1S/C17H25NO3/c1-4-12(2)18(11-17(19)20)16-7-5-6-13-8-9-14(21-3)10-15(13)16/h8-10,12,16H,4-7,11H2,1-3H3,(H,19,20). The first-order valence-electron chi connectivity index (χ1n) is 7.71. The lowest BCUT2D eigenvalue weighted by atomic mass is 9.85. The molecule has 4 heteroatoms. The average molecular weight is 291 g/mol. The van der Waals surface area contributed by atoms with Crippen LogP contribution in [0.3, 0.4) is 0 Å². The van der Waals surface area contributed by atoms with Crippen LogP contribution in [0.5, 0.6) is 5.75 Å². The Morgan fingerprint density at radius 1 is 1.52 bits per heavy atom. The molecule has 0 spiro atoms. The Morgan fingerprint density at radius 3 is 2.90 bits per heavy atom. The molecule has 2 atom stereocenters. The average Bonchev–Trinajstić information content (AvgIpc) is 2.50. The number of carboxylic acids is 1. The SMILES string of the molecule is CCC(C)N(CC(=O)O)C1CCCc2ccc(OC)cc21. The van der Waals surface area contributed by atoms with Crippen LogP contribution in [0.25, 0.3) is 0 Å². The van der Waals surface area contributed by atoms with Gasteiger partial charge in [-0.05, 0) is 55.9 Å². The quantitative estimate of drug-likeness (QED) is 0.874. The van der Waals surface area contributed by atoms with Gasteiger partial charge in [0.25, 0.3) is 0 Å². The van der Waals surface area contributed by atoms with Crippen LogP contribution in [0.1, 0.15) is 50.3 Å². The van der Waals surface area contributed by atoms with E-state index in [1.807, 2.05) is 6.07 Å². The van der Waals surface area contributed by atoms with Crippen molar-refractivity contribution in [2.45, 2.75) is 51.6 Å². The maximum Gasteiger partial charge on any atom is 0.317 e. The van der Waals surface area contributed by atoms with Crippen molar-refractivity contribution >= 4 is 5.97 Å². The van der Waals surface area contributed by atoms with Gasteiger partial charge in [0.2, 0.25) is 0 Å². The van der Waals surface area contributed by atoms with Crippen LogP contribution in [-0.4, -0.2) is 35.7 Å². The highest BCUT2D eigenvalue weighted by Crippen LogP contribution is 2.37. The number of rotatable bonds is 6. The summed E-state index contributed by atoms with van der Waals surface area (Å²) in [5.74, 6) is 0.0883. The second kappa shape index (κ2) is 6.94. The zero-order chi connectivity index (χ0) is 15.4. The number of fused-ring (bicyclic) bond motifs is 1. The molecule has 2 rings (SSSR count). The fourth-order valence-electron chi connectivity index (χ4n) is 3.19. The molecule has 0 heterocycles. The summed E-state index contributed by atoms with van der Waals surface area (Å²) >= 11 is 0. The van der Waals surface area contributed by atoms with Gasteiger partial charge in [-0.1, -0.05) is 13.0 Å². The summed E-state index contributed by atoms with van der Waals surface area (Å²) in [6.45, 7) is 4.31. The van der Waals surface area contributed by atoms with E-state index in [-0.39, 0.29) is 18.6 Å². The van der Waals surface area contributed by atoms with Crippen LogP contribution in [0, 0.1) is 0 Å². The smallest absolute Gasteiger partial charge is 0.317 e. The minimum Gasteiger partial charge on any atom is -0.497 e. The van der Waals surface area contributed by atoms with Gasteiger partial charge >= 0.3 is 5.97 Å². The fraction of sp³-hybridized carbons (Fsp3) is 0.588. The van der Waals surface area contributed by atoms with Gasteiger partial charge in [-0.15, -0.1) is 0 Å². The predicted octanol–water partition coefficient (Wildman–Crippen LogP) is 3.26. The first-order valence-corrected chi connectivity index (χ1v) is 7.71. The molecule has 0 bridgehead atoms. The number of benzene rings is 1. The van der Waals surface area contributed by atoms with Crippen LogP contribution in [0.2, 0.25) is 0 Å². The topological polar surface area (TPSA) is 49.8 Å². The third-order valence-electron chi connectivity index (χ3n) is 4.51. The molecule has 1 aromatic rings.